The van der Waals surface area contributed by atoms with Gasteiger partial charge >= 0.3 is 6.09 Å². The molecule has 0 unspecified atom stereocenters. The molecule has 2 aromatic rings. The van der Waals surface area contributed by atoms with Crippen LogP contribution in [0, 0.1) is 0 Å². The second-order valence-electron chi connectivity index (χ2n) is 5.03. The number of benzene rings is 1. The number of alkyl carbamates (subject to hydrolysis) is 1. The summed E-state index contributed by atoms with van der Waals surface area (Å²) < 4.78 is 61.9. The molecule has 1 aromatic heterocycles. The SMILES string of the molecule is [2H]c1c(CC([2H])([2H])N(C)C)c2cc(C([2H])([2H])[C@H]3COC(=O)N3[2H])ccc2n1[2H]. The number of rotatable bonds is 5. The van der Waals surface area contributed by atoms with Crippen molar-refractivity contribution in [3.8, 4) is 0 Å². The van der Waals surface area contributed by atoms with Crippen LogP contribution < -0.4 is 5.31 Å². The van der Waals surface area contributed by atoms with Crippen LogP contribution in [0.25, 0.3) is 10.9 Å². The lowest BCUT2D eigenvalue weighted by molar-refractivity contribution is 0.177. The molecule has 5 heteroatoms. The van der Waals surface area contributed by atoms with E-state index >= 15 is 0 Å². The van der Waals surface area contributed by atoms with Crippen molar-refractivity contribution < 1.29 is 19.2 Å². The Morgan fingerprint density at radius 2 is 2.43 bits per heavy atom. The maximum absolute atomic E-state index is 11.4. The van der Waals surface area contributed by atoms with Gasteiger partial charge in [0.25, 0.3) is 0 Å². The molecular weight excluding hydrogens is 266 g/mol. The van der Waals surface area contributed by atoms with E-state index in [1.54, 1.807) is 14.1 Å². The molecular formula is C16H21N3O2. The zero-order chi connectivity index (χ0) is 21.0. The highest BCUT2D eigenvalue weighted by Crippen LogP contribution is 2.21. The molecule has 1 saturated heterocycles. The smallest absolute Gasteiger partial charge is 0.407 e. The maximum Gasteiger partial charge on any atom is 0.407 e. The molecule has 5 nitrogen and oxygen atoms in total. The fourth-order valence-electron chi connectivity index (χ4n) is 2.14. The van der Waals surface area contributed by atoms with Crippen LogP contribution in [0.1, 0.15) is 18.0 Å². The molecule has 1 aliphatic heterocycles. The second kappa shape index (κ2) is 5.77. The molecule has 0 saturated carbocycles. The molecule has 1 atom stereocenters. The zero-order valence-electron chi connectivity index (χ0n) is 18.9. The standard InChI is InChI=1S/C16H21N3O2/c1-19(2)6-5-12-9-17-15-4-3-11(8-14(12)15)7-13-10-21-16(20)18-13/h3-4,8-9,13,17H,5-7,10H2,1-2H3,(H,18,20)/t13-/m0/s1/i6D2,7D2,9D/hD2. The number of hydrogen-bond donors (Lipinski definition) is 2. The van der Waals surface area contributed by atoms with Crippen LogP contribution in [0.4, 0.5) is 4.79 Å². The number of H-pyrrole nitrogens is 1. The van der Waals surface area contributed by atoms with E-state index in [1.807, 2.05) is 0 Å². The summed E-state index contributed by atoms with van der Waals surface area (Å²) >= 11 is 0. The quantitative estimate of drug-likeness (QED) is 0.886. The molecule has 1 amide bonds. The van der Waals surface area contributed by atoms with Crippen molar-refractivity contribution in [3.63, 3.8) is 0 Å². The first kappa shape index (κ1) is 7.84. The van der Waals surface area contributed by atoms with E-state index in [0.717, 1.165) is 4.98 Å². The minimum atomic E-state index is -2.10. The van der Waals surface area contributed by atoms with Gasteiger partial charge in [0, 0.05) is 29.1 Å². The number of nitrogens with zero attached hydrogens (tertiary/aromatic N) is 1. The average Bonchev–Trinajstić information content (AvgIpc) is 3.07. The van der Waals surface area contributed by atoms with Gasteiger partial charge in [-0.2, -0.15) is 0 Å². The number of aryl methyl sites for hydroxylation is 1. The first-order valence-corrected chi connectivity index (χ1v) is 6.64. The van der Waals surface area contributed by atoms with Gasteiger partial charge in [-0.15, -0.1) is 0 Å². The monoisotopic (exact) mass is 294 g/mol. The molecule has 112 valence electrons. The van der Waals surface area contributed by atoms with Crippen molar-refractivity contribution >= 4 is 17.0 Å². The number of carbonyl (C=O) groups is 1. The highest BCUT2D eigenvalue weighted by Gasteiger charge is 2.22. The summed E-state index contributed by atoms with van der Waals surface area (Å²) in [5.41, 5.74) is 0.816. The Labute approximate surface area is 134 Å². The van der Waals surface area contributed by atoms with Gasteiger partial charge in [-0.25, -0.2) is 4.79 Å². The van der Waals surface area contributed by atoms with Crippen LogP contribution in [0.2, 0.25) is 2.82 Å². The third-order valence-electron chi connectivity index (χ3n) is 3.16. The highest BCUT2D eigenvalue weighted by atomic mass is 16.6. The summed E-state index contributed by atoms with van der Waals surface area (Å²) in [4.78, 5) is 13.7. The lowest BCUT2D eigenvalue weighted by atomic mass is 10.0. The molecule has 2 heterocycles. The van der Waals surface area contributed by atoms with Crippen molar-refractivity contribution in [1.82, 2.24) is 15.2 Å². The zero-order valence-corrected chi connectivity index (χ0v) is 11.9. The highest BCUT2D eigenvalue weighted by molar-refractivity contribution is 5.84. The van der Waals surface area contributed by atoms with E-state index < -0.39 is 25.0 Å². The van der Waals surface area contributed by atoms with Crippen LogP contribution in [-0.4, -0.2) is 49.2 Å². The number of likely N-dealkylation sites (N-methyl/N-ethyl adjacent to an activating group) is 1. The molecule has 21 heavy (non-hydrogen) atoms. The molecule has 1 aromatic carbocycles. The molecule has 1 fully saturated rings. The third-order valence-corrected chi connectivity index (χ3v) is 3.16. The van der Waals surface area contributed by atoms with E-state index in [2.05, 4.69) is 0 Å². The minimum Gasteiger partial charge on any atom is -0.447 e. The Hall–Kier alpha value is -2.01. The number of fused-ring (bicyclic) bond motifs is 1. The lowest BCUT2D eigenvalue weighted by Gasteiger charge is -2.09. The molecule has 3 rings (SSSR count). The molecule has 1 aliphatic rings. The average molecular weight is 294 g/mol. The summed E-state index contributed by atoms with van der Waals surface area (Å²) in [6, 6.07) is 3.28. The predicted molar refractivity (Wildman–Crippen MR) is 82.5 cm³/mol. The number of aromatic nitrogens is 1. The van der Waals surface area contributed by atoms with Crippen LogP contribution in [0.15, 0.2) is 24.4 Å². The molecule has 0 bridgehead atoms. The van der Waals surface area contributed by atoms with Crippen LogP contribution in [0.3, 0.4) is 0 Å². The van der Waals surface area contributed by atoms with Gasteiger partial charge in [0.2, 0.25) is 0 Å². The summed E-state index contributed by atoms with van der Waals surface area (Å²) in [6.07, 6.45) is -3.34. The minimum absolute atomic E-state index is 0.150. The van der Waals surface area contributed by atoms with Crippen LogP contribution in [0.5, 0.6) is 0 Å². The van der Waals surface area contributed by atoms with E-state index in [1.165, 1.54) is 23.1 Å². The Morgan fingerprint density at radius 3 is 3.14 bits per heavy atom. The number of ether oxygens (including phenoxy) is 1. The normalized spacial score (nSPS) is 24.9. The molecule has 2 N–H and O–H groups in total. The summed E-state index contributed by atoms with van der Waals surface area (Å²) in [5.74, 6) is 0. The van der Waals surface area contributed by atoms with Gasteiger partial charge in [0.05, 0.1) is 7.41 Å². The second-order valence-corrected chi connectivity index (χ2v) is 5.03. The maximum atomic E-state index is 11.4. The summed E-state index contributed by atoms with van der Waals surface area (Å²) in [7, 11) is 3.15. The summed E-state index contributed by atoms with van der Waals surface area (Å²) in [6.45, 7) is -2.02. The predicted octanol–water partition coefficient (Wildman–Crippen LogP) is 1.92. The first-order chi connectivity index (χ1) is 12.9. The number of aromatic amines is 1. The topological polar surface area (TPSA) is 57.4 Å². The van der Waals surface area contributed by atoms with E-state index in [9.17, 15) is 4.79 Å². The number of amides is 1. The Bertz CT molecular complexity index is 929. The van der Waals surface area contributed by atoms with Crippen LogP contribution >= 0.6 is 0 Å². The van der Waals surface area contributed by atoms with E-state index in [4.69, 9.17) is 14.4 Å². The van der Waals surface area contributed by atoms with Crippen molar-refractivity contribution in [1.29, 1.82) is 0 Å². The number of carbonyl (C=O) groups excluding carboxylic acids is 1. The molecule has 0 aliphatic carbocycles. The molecule has 0 spiro atoms. The van der Waals surface area contributed by atoms with Crippen molar-refractivity contribution in [2.24, 2.45) is 0 Å². The van der Waals surface area contributed by atoms with Gasteiger partial charge in [-0.1, -0.05) is 6.07 Å². The van der Waals surface area contributed by atoms with E-state index in [0.29, 0.717) is 21.8 Å². The number of cyclic esters (lactones) is 1. The Morgan fingerprint density at radius 1 is 1.57 bits per heavy atom. The van der Waals surface area contributed by atoms with Gasteiger partial charge in [0.15, 0.2) is 2.82 Å². The van der Waals surface area contributed by atoms with Gasteiger partial charge in [0.1, 0.15) is 6.61 Å². The third kappa shape index (κ3) is 3.19. The lowest BCUT2D eigenvalue weighted by Crippen LogP contribution is -2.28. The van der Waals surface area contributed by atoms with Crippen molar-refractivity contribution in [2.75, 3.05) is 27.2 Å². The first-order valence-electron chi connectivity index (χ1n) is 10.0. The largest absolute Gasteiger partial charge is 0.447 e. The van der Waals surface area contributed by atoms with Crippen molar-refractivity contribution in [3.05, 3.63) is 35.5 Å². The van der Waals surface area contributed by atoms with Gasteiger partial charge in [-0.3, -0.25) is 0 Å². The Balaban J connectivity index is 2.10. The summed E-state index contributed by atoms with van der Waals surface area (Å²) in [5, 5.41) is 0.871. The van der Waals surface area contributed by atoms with E-state index in [-0.39, 0.29) is 24.8 Å². The molecule has 0 radical (unpaired) electrons. The van der Waals surface area contributed by atoms with Gasteiger partial charge < -0.3 is 19.9 Å². The fourth-order valence-corrected chi connectivity index (χ4v) is 2.14. The number of hydrogen-bond acceptors (Lipinski definition) is 3. The number of nitrogens with one attached hydrogen (secondary N) is 2. The van der Waals surface area contributed by atoms with Gasteiger partial charge in [-0.05, 0) is 50.1 Å². The fraction of sp³-hybridized carbons (Fsp3) is 0.438. The van der Waals surface area contributed by atoms with Crippen LogP contribution in [-0.2, 0) is 17.5 Å². The van der Waals surface area contributed by atoms with Crippen molar-refractivity contribution in [2.45, 2.75) is 18.8 Å². The Kier molecular flexibility index (Phi) is 2.16.